The van der Waals surface area contributed by atoms with E-state index in [1.54, 1.807) is 0 Å². The van der Waals surface area contributed by atoms with Crippen molar-refractivity contribution in [2.24, 2.45) is 0 Å². The molecule has 2 aliphatic heterocycles. The van der Waals surface area contributed by atoms with Gasteiger partial charge in [-0.1, -0.05) is 36.8 Å². The van der Waals surface area contributed by atoms with Gasteiger partial charge in [-0.2, -0.15) is 0 Å². The van der Waals surface area contributed by atoms with Crippen molar-refractivity contribution in [2.45, 2.75) is 50.2 Å². The third-order valence-electron chi connectivity index (χ3n) is 5.05. The zero-order chi connectivity index (χ0) is 16.1. The van der Waals surface area contributed by atoms with Crippen LogP contribution in [0.5, 0.6) is 0 Å². The number of benzene rings is 1. The van der Waals surface area contributed by atoms with Gasteiger partial charge in [-0.05, 0) is 37.8 Å². The summed E-state index contributed by atoms with van der Waals surface area (Å²) in [5.41, 5.74) is 1.12. The Hall–Kier alpha value is -1.59. The number of hydrogen-bond donors (Lipinski definition) is 3. The number of aliphatic hydroxyl groups is 1. The minimum atomic E-state index is -0.249. The standard InChI is InChI=1S/C18H27N3O2/c22-13-15(12-14-6-2-1-3-7-14)19-18(23)20-16-9-11-21-10-5-4-8-17(16)21/h1-3,6-7,15-17,22H,4-5,8-13H2,(H2,19,20,23)/t15-,16?,17?/m0/s1. The van der Waals surface area contributed by atoms with E-state index < -0.39 is 0 Å². The lowest BCUT2D eigenvalue weighted by Gasteiger charge is -2.32. The van der Waals surface area contributed by atoms with E-state index >= 15 is 0 Å². The van der Waals surface area contributed by atoms with Gasteiger partial charge in [-0.25, -0.2) is 4.79 Å². The van der Waals surface area contributed by atoms with Gasteiger partial charge in [-0.3, -0.25) is 4.90 Å². The molecule has 23 heavy (non-hydrogen) atoms. The van der Waals surface area contributed by atoms with Crippen LogP contribution < -0.4 is 10.6 Å². The van der Waals surface area contributed by atoms with Crippen molar-refractivity contribution in [2.75, 3.05) is 19.7 Å². The van der Waals surface area contributed by atoms with E-state index in [0.717, 1.165) is 25.1 Å². The maximum atomic E-state index is 12.3. The Kier molecular flexibility index (Phi) is 5.51. The Morgan fingerprint density at radius 2 is 2.04 bits per heavy atom. The van der Waals surface area contributed by atoms with E-state index in [1.807, 2.05) is 30.3 Å². The lowest BCUT2D eigenvalue weighted by Crippen LogP contribution is -2.52. The Morgan fingerprint density at radius 3 is 2.83 bits per heavy atom. The average Bonchev–Trinajstić information content (AvgIpc) is 2.98. The molecule has 3 rings (SSSR count). The number of rotatable bonds is 5. The number of hydrogen-bond acceptors (Lipinski definition) is 3. The summed E-state index contributed by atoms with van der Waals surface area (Å²) in [5, 5.41) is 15.6. The average molecular weight is 317 g/mol. The first-order valence-electron chi connectivity index (χ1n) is 8.72. The van der Waals surface area contributed by atoms with Crippen molar-refractivity contribution >= 4 is 6.03 Å². The summed E-state index contributed by atoms with van der Waals surface area (Å²) in [4.78, 5) is 14.8. The number of urea groups is 1. The summed E-state index contributed by atoms with van der Waals surface area (Å²) < 4.78 is 0. The van der Waals surface area contributed by atoms with Crippen molar-refractivity contribution in [3.05, 3.63) is 35.9 Å². The van der Waals surface area contributed by atoms with Crippen LogP contribution in [-0.4, -0.2) is 53.9 Å². The molecule has 0 aromatic heterocycles. The van der Waals surface area contributed by atoms with Gasteiger partial charge >= 0.3 is 6.03 Å². The Labute approximate surface area is 138 Å². The fourth-order valence-corrected chi connectivity index (χ4v) is 3.87. The summed E-state index contributed by atoms with van der Waals surface area (Å²) in [7, 11) is 0. The molecule has 2 unspecified atom stereocenters. The molecule has 3 atom stereocenters. The first kappa shape index (κ1) is 16.3. The maximum Gasteiger partial charge on any atom is 0.315 e. The molecule has 0 bridgehead atoms. The molecular weight excluding hydrogens is 290 g/mol. The zero-order valence-electron chi connectivity index (χ0n) is 13.6. The Morgan fingerprint density at radius 1 is 1.22 bits per heavy atom. The zero-order valence-corrected chi connectivity index (χ0v) is 13.6. The van der Waals surface area contributed by atoms with Crippen LogP contribution >= 0.6 is 0 Å². The molecule has 0 saturated carbocycles. The molecule has 3 N–H and O–H groups in total. The van der Waals surface area contributed by atoms with E-state index in [4.69, 9.17) is 0 Å². The lowest BCUT2D eigenvalue weighted by molar-refractivity contribution is 0.176. The smallest absolute Gasteiger partial charge is 0.315 e. The molecule has 1 aromatic rings. The highest BCUT2D eigenvalue weighted by atomic mass is 16.3. The molecular formula is C18H27N3O2. The van der Waals surface area contributed by atoms with E-state index in [-0.39, 0.29) is 24.7 Å². The molecule has 0 spiro atoms. The predicted molar refractivity (Wildman–Crippen MR) is 90.3 cm³/mol. The highest BCUT2D eigenvalue weighted by molar-refractivity contribution is 5.74. The molecule has 2 saturated heterocycles. The molecule has 2 aliphatic rings. The second kappa shape index (κ2) is 7.79. The third-order valence-corrected chi connectivity index (χ3v) is 5.05. The van der Waals surface area contributed by atoms with Crippen LogP contribution in [0.2, 0.25) is 0 Å². The minimum Gasteiger partial charge on any atom is -0.394 e. The largest absolute Gasteiger partial charge is 0.394 e. The number of carbonyl (C=O) groups is 1. The summed E-state index contributed by atoms with van der Waals surface area (Å²) in [6, 6.07) is 10.3. The van der Waals surface area contributed by atoms with Gasteiger partial charge in [0.05, 0.1) is 12.6 Å². The predicted octanol–water partition coefficient (Wildman–Crippen LogP) is 1.52. The van der Waals surface area contributed by atoms with Crippen molar-refractivity contribution in [3.8, 4) is 0 Å². The number of carbonyl (C=O) groups excluding carboxylic acids is 1. The van der Waals surface area contributed by atoms with Crippen molar-refractivity contribution in [1.82, 2.24) is 15.5 Å². The van der Waals surface area contributed by atoms with Gasteiger partial charge in [-0.15, -0.1) is 0 Å². The Balaban J connectivity index is 1.49. The van der Waals surface area contributed by atoms with Gasteiger partial charge < -0.3 is 15.7 Å². The number of amides is 2. The lowest BCUT2D eigenvalue weighted by atomic mass is 9.99. The van der Waals surface area contributed by atoms with E-state index in [9.17, 15) is 9.90 Å². The minimum absolute atomic E-state index is 0.0530. The van der Waals surface area contributed by atoms with Gasteiger partial charge in [0.25, 0.3) is 0 Å². The molecule has 2 heterocycles. The number of nitrogens with zero attached hydrogens (tertiary/aromatic N) is 1. The van der Waals surface area contributed by atoms with Crippen molar-refractivity contribution in [1.29, 1.82) is 0 Å². The van der Waals surface area contributed by atoms with Crippen LogP contribution in [-0.2, 0) is 6.42 Å². The normalized spacial score (nSPS) is 25.6. The summed E-state index contributed by atoms with van der Waals surface area (Å²) in [5.74, 6) is 0. The van der Waals surface area contributed by atoms with Crippen molar-refractivity contribution in [3.63, 3.8) is 0 Å². The topological polar surface area (TPSA) is 64.6 Å². The second-order valence-corrected chi connectivity index (χ2v) is 6.68. The fourth-order valence-electron chi connectivity index (χ4n) is 3.87. The van der Waals surface area contributed by atoms with Gasteiger partial charge in [0.2, 0.25) is 0 Å². The highest BCUT2D eigenvalue weighted by Gasteiger charge is 2.36. The molecule has 5 heteroatoms. The molecule has 0 radical (unpaired) electrons. The quantitative estimate of drug-likeness (QED) is 0.771. The number of aliphatic hydroxyl groups excluding tert-OH is 1. The molecule has 126 valence electrons. The molecule has 2 amide bonds. The SMILES string of the molecule is O=C(NC1CCN2CCCCC12)N[C@H](CO)Cc1ccccc1. The second-order valence-electron chi connectivity index (χ2n) is 6.68. The first-order valence-corrected chi connectivity index (χ1v) is 8.72. The molecule has 5 nitrogen and oxygen atoms in total. The first-order chi connectivity index (χ1) is 11.3. The van der Waals surface area contributed by atoms with Crippen LogP contribution in [0.15, 0.2) is 30.3 Å². The maximum absolute atomic E-state index is 12.3. The summed E-state index contributed by atoms with van der Waals surface area (Å²) in [6.07, 6.45) is 5.39. The van der Waals surface area contributed by atoms with Crippen LogP contribution in [0.4, 0.5) is 4.79 Å². The van der Waals surface area contributed by atoms with Gasteiger partial charge in [0.1, 0.15) is 0 Å². The number of nitrogens with one attached hydrogen (secondary N) is 2. The van der Waals surface area contributed by atoms with Gasteiger partial charge in [0, 0.05) is 18.6 Å². The van der Waals surface area contributed by atoms with Crippen LogP contribution in [0.25, 0.3) is 0 Å². The van der Waals surface area contributed by atoms with Crippen LogP contribution in [0.1, 0.15) is 31.2 Å². The Bertz CT molecular complexity index is 508. The summed E-state index contributed by atoms with van der Waals surface area (Å²) in [6.45, 7) is 2.20. The monoisotopic (exact) mass is 317 g/mol. The van der Waals surface area contributed by atoms with Gasteiger partial charge in [0.15, 0.2) is 0 Å². The molecule has 2 fully saturated rings. The summed E-state index contributed by atoms with van der Waals surface area (Å²) >= 11 is 0. The number of fused-ring (bicyclic) bond motifs is 1. The molecule has 0 aliphatic carbocycles. The fraction of sp³-hybridized carbons (Fsp3) is 0.611. The third kappa shape index (κ3) is 4.24. The van der Waals surface area contributed by atoms with Crippen molar-refractivity contribution < 1.29 is 9.90 Å². The number of piperidine rings is 1. The van der Waals surface area contributed by atoms with Crippen LogP contribution in [0.3, 0.4) is 0 Å². The van der Waals surface area contributed by atoms with Crippen LogP contribution in [0, 0.1) is 0 Å². The van der Waals surface area contributed by atoms with E-state index in [0.29, 0.717) is 12.5 Å². The molecule has 1 aromatic carbocycles. The van der Waals surface area contributed by atoms with E-state index in [2.05, 4.69) is 15.5 Å². The highest BCUT2D eigenvalue weighted by Crippen LogP contribution is 2.27. The van der Waals surface area contributed by atoms with E-state index in [1.165, 1.54) is 19.3 Å².